The Morgan fingerprint density at radius 3 is 1.55 bits per heavy atom. The molecule has 0 aliphatic rings. The summed E-state index contributed by atoms with van der Waals surface area (Å²) in [6.07, 6.45) is 12.7. The number of aliphatic carboxylic acids is 1. The van der Waals surface area contributed by atoms with Crippen LogP contribution in [-0.4, -0.2) is 11.1 Å². The Bertz CT molecular complexity index is 190. The van der Waals surface area contributed by atoms with Crippen molar-refractivity contribution in [2.45, 2.75) is 72.6 Å². The first kappa shape index (κ1) is 27.1. The lowest BCUT2D eigenvalue weighted by Crippen LogP contribution is -1.91. The molecular weight excluding hydrogens is 248 g/mol. The van der Waals surface area contributed by atoms with Crippen LogP contribution in [0, 0.1) is 0 Å². The van der Waals surface area contributed by atoms with Crippen molar-refractivity contribution >= 4 is 5.97 Å². The van der Waals surface area contributed by atoms with Crippen molar-refractivity contribution < 1.29 is 9.90 Å². The van der Waals surface area contributed by atoms with Gasteiger partial charge in [0.1, 0.15) is 0 Å². The van der Waals surface area contributed by atoms with Crippen LogP contribution in [0.2, 0.25) is 0 Å². The van der Waals surface area contributed by atoms with Crippen LogP contribution in [0.15, 0.2) is 38.0 Å². The highest BCUT2D eigenvalue weighted by atomic mass is 16.4. The summed E-state index contributed by atoms with van der Waals surface area (Å²) in [5, 5.41) is 8.04. The second-order valence-electron chi connectivity index (χ2n) is 4.10. The zero-order chi connectivity index (χ0) is 16.6. The van der Waals surface area contributed by atoms with Crippen molar-refractivity contribution in [1.82, 2.24) is 0 Å². The van der Waals surface area contributed by atoms with E-state index >= 15 is 0 Å². The fraction of sp³-hybridized carbons (Fsp3) is 0.611. The molecular formula is C18H36O2. The van der Waals surface area contributed by atoms with Crippen LogP contribution in [0.3, 0.4) is 0 Å². The van der Waals surface area contributed by atoms with Gasteiger partial charge in [0.05, 0.1) is 0 Å². The number of carboxylic acid groups (broad SMARTS) is 1. The van der Waals surface area contributed by atoms with E-state index in [0.717, 1.165) is 12.8 Å². The SMILES string of the molecule is C=CC.C=CC.C=CCCCCC.CCCCC(=O)O. The summed E-state index contributed by atoms with van der Waals surface area (Å²) >= 11 is 0. The van der Waals surface area contributed by atoms with Crippen LogP contribution in [0.1, 0.15) is 72.6 Å². The molecule has 1 N–H and O–H groups in total. The second kappa shape index (κ2) is 36.1. The molecule has 0 aliphatic heterocycles. The Kier molecular flexibility index (Phi) is 48.9. The lowest BCUT2D eigenvalue weighted by molar-refractivity contribution is -0.137. The number of allylic oxidation sites excluding steroid dienone is 3. The highest BCUT2D eigenvalue weighted by molar-refractivity contribution is 5.66. The highest BCUT2D eigenvalue weighted by Gasteiger charge is 1.90. The molecule has 0 saturated heterocycles. The molecule has 0 bridgehead atoms. The monoisotopic (exact) mass is 284 g/mol. The summed E-state index contributed by atoms with van der Waals surface area (Å²) in [6.45, 7) is 18.3. The molecule has 0 unspecified atom stereocenters. The van der Waals surface area contributed by atoms with Crippen molar-refractivity contribution in [2.75, 3.05) is 0 Å². The van der Waals surface area contributed by atoms with Crippen LogP contribution in [-0.2, 0) is 4.79 Å². The summed E-state index contributed by atoms with van der Waals surface area (Å²) in [6, 6.07) is 0. The lowest BCUT2D eigenvalue weighted by atomic mass is 10.2. The van der Waals surface area contributed by atoms with E-state index in [1.807, 2.05) is 26.8 Å². The van der Waals surface area contributed by atoms with Gasteiger partial charge in [-0.2, -0.15) is 0 Å². The van der Waals surface area contributed by atoms with Gasteiger partial charge in [-0.1, -0.05) is 51.3 Å². The van der Waals surface area contributed by atoms with Gasteiger partial charge in [0.15, 0.2) is 0 Å². The van der Waals surface area contributed by atoms with E-state index in [1.54, 1.807) is 12.2 Å². The molecule has 0 heterocycles. The Labute approximate surface area is 127 Å². The van der Waals surface area contributed by atoms with E-state index in [-0.39, 0.29) is 0 Å². The van der Waals surface area contributed by atoms with Gasteiger partial charge in [0.2, 0.25) is 0 Å². The molecule has 0 rings (SSSR count). The lowest BCUT2D eigenvalue weighted by Gasteiger charge is -1.87. The summed E-state index contributed by atoms with van der Waals surface area (Å²) in [7, 11) is 0. The smallest absolute Gasteiger partial charge is 0.303 e. The van der Waals surface area contributed by atoms with Crippen molar-refractivity contribution in [2.24, 2.45) is 0 Å². The number of hydrogen-bond acceptors (Lipinski definition) is 1. The van der Waals surface area contributed by atoms with Crippen LogP contribution in [0.5, 0.6) is 0 Å². The van der Waals surface area contributed by atoms with Gasteiger partial charge in [0, 0.05) is 6.42 Å². The van der Waals surface area contributed by atoms with Gasteiger partial charge in [-0.15, -0.1) is 19.7 Å². The predicted molar refractivity (Wildman–Crippen MR) is 93.2 cm³/mol. The highest BCUT2D eigenvalue weighted by Crippen LogP contribution is 1.97. The quantitative estimate of drug-likeness (QED) is 0.434. The molecule has 120 valence electrons. The minimum Gasteiger partial charge on any atom is -0.481 e. The van der Waals surface area contributed by atoms with E-state index in [4.69, 9.17) is 5.11 Å². The van der Waals surface area contributed by atoms with Gasteiger partial charge < -0.3 is 5.11 Å². The van der Waals surface area contributed by atoms with Crippen LogP contribution in [0.25, 0.3) is 0 Å². The molecule has 0 aromatic heterocycles. The third-order valence-corrected chi connectivity index (χ3v) is 1.76. The predicted octanol–water partition coefficient (Wildman–Crippen LogP) is 6.40. The van der Waals surface area contributed by atoms with Gasteiger partial charge in [0.25, 0.3) is 0 Å². The summed E-state index contributed by atoms with van der Waals surface area (Å²) in [5.41, 5.74) is 0. The van der Waals surface area contributed by atoms with Crippen molar-refractivity contribution in [3.63, 3.8) is 0 Å². The third kappa shape index (κ3) is 91.8. The van der Waals surface area contributed by atoms with Crippen LogP contribution < -0.4 is 0 Å². The molecule has 0 aromatic rings. The summed E-state index contributed by atoms with van der Waals surface area (Å²) in [5.74, 6) is -0.693. The minimum atomic E-state index is -0.693. The number of carbonyl (C=O) groups is 1. The fourth-order valence-corrected chi connectivity index (χ4v) is 0.867. The first-order chi connectivity index (χ1) is 9.51. The van der Waals surface area contributed by atoms with E-state index in [9.17, 15) is 4.79 Å². The molecule has 0 amide bonds. The van der Waals surface area contributed by atoms with Crippen LogP contribution in [0.4, 0.5) is 0 Å². The average Bonchev–Trinajstić information content (AvgIpc) is 2.39. The van der Waals surface area contributed by atoms with E-state index in [0.29, 0.717) is 6.42 Å². The van der Waals surface area contributed by atoms with E-state index in [1.165, 1.54) is 25.7 Å². The molecule has 0 aliphatic carbocycles. The molecule has 0 radical (unpaired) electrons. The van der Waals surface area contributed by atoms with Gasteiger partial charge in [-0.25, -0.2) is 0 Å². The number of hydrogen-bond donors (Lipinski definition) is 1. The largest absolute Gasteiger partial charge is 0.481 e. The van der Waals surface area contributed by atoms with Gasteiger partial charge in [-0.3, -0.25) is 4.79 Å². The van der Waals surface area contributed by atoms with Crippen LogP contribution >= 0.6 is 0 Å². The normalized spacial score (nSPS) is 7.40. The number of rotatable bonds is 7. The number of unbranched alkanes of at least 4 members (excludes halogenated alkanes) is 4. The Morgan fingerprint density at radius 1 is 0.950 bits per heavy atom. The Hall–Kier alpha value is -1.31. The fourth-order valence-electron chi connectivity index (χ4n) is 0.867. The molecule has 20 heavy (non-hydrogen) atoms. The molecule has 0 aromatic carbocycles. The molecule has 0 spiro atoms. The van der Waals surface area contributed by atoms with Crippen molar-refractivity contribution in [3.8, 4) is 0 Å². The third-order valence-electron chi connectivity index (χ3n) is 1.76. The maximum Gasteiger partial charge on any atom is 0.303 e. The zero-order valence-electron chi connectivity index (χ0n) is 14.2. The standard InChI is InChI=1S/C7H14.C5H10O2.2C3H6/c1-3-5-7-6-4-2;1-2-3-4-5(6)7;2*1-3-2/h3H,1,4-7H2,2H3;2-4H2,1H3,(H,6,7);2*3H,1H2,2H3. The maximum atomic E-state index is 9.76. The van der Waals surface area contributed by atoms with Gasteiger partial charge in [-0.05, 0) is 33.1 Å². The number of carboxylic acids is 1. The zero-order valence-corrected chi connectivity index (χ0v) is 14.2. The summed E-state index contributed by atoms with van der Waals surface area (Å²) < 4.78 is 0. The molecule has 2 heteroatoms. The molecule has 2 nitrogen and oxygen atoms in total. The van der Waals surface area contributed by atoms with E-state index in [2.05, 4.69) is 26.7 Å². The van der Waals surface area contributed by atoms with Crippen molar-refractivity contribution in [1.29, 1.82) is 0 Å². The molecule has 0 fully saturated rings. The van der Waals surface area contributed by atoms with Crippen molar-refractivity contribution in [3.05, 3.63) is 38.0 Å². The second-order valence-corrected chi connectivity index (χ2v) is 4.10. The first-order valence-corrected chi connectivity index (χ1v) is 7.48. The topological polar surface area (TPSA) is 37.3 Å². The van der Waals surface area contributed by atoms with E-state index < -0.39 is 5.97 Å². The average molecular weight is 284 g/mol. The van der Waals surface area contributed by atoms with Gasteiger partial charge >= 0.3 is 5.97 Å². The molecule has 0 atom stereocenters. The minimum absolute atomic E-state index is 0.316. The first-order valence-electron chi connectivity index (χ1n) is 7.48. The maximum absolute atomic E-state index is 9.76. The Balaban J connectivity index is -0.0000000927. The summed E-state index contributed by atoms with van der Waals surface area (Å²) in [4.78, 5) is 9.76. The molecule has 0 saturated carbocycles. The Morgan fingerprint density at radius 2 is 1.35 bits per heavy atom.